The molecule has 0 fully saturated rings. The molecule has 30 heavy (non-hydrogen) atoms. The summed E-state index contributed by atoms with van der Waals surface area (Å²) in [5.74, 6) is -0.615. The zero-order valence-electron chi connectivity index (χ0n) is 17.9. The van der Waals surface area contributed by atoms with Gasteiger partial charge < -0.3 is 20.6 Å². The van der Waals surface area contributed by atoms with Crippen molar-refractivity contribution in [3.8, 4) is 0 Å². The van der Waals surface area contributed by atoms with Gasteiger partial charge in [0.1, 0.15) is 0 Å². The normalized spacial score (nSPS) is 18.2. The molecule has 1 atom stereocenters. The molecule has 1 unspecified atom stereocenters. The lowest BCUT2D eigenvalue weighted by atomic mass is 9.94. The number of carbonyl (C=O) groups is 2. The van der Waals surface area contributed by atoms with Gasteiger partial charge in [-0.25, -0.2) is 4.79 Å². The summed E-state index contributed by atoms with van der Waals surface area (Å²) in [7, 11) is 0. The van der Waals surface area contributed by atoms with Crippen LogP contribution in [-0.4, -0.2) is 43.2 Å². The lowest BCUT2D eigenvalue weighted by molar-refractivity contribution is -0.895. The third kappa shape index (κ3) is 4.04. The van der Waals surface area contributed by atoms with E-state index in [9.17, 15) is 14.7 Å². The number of likely N-dealkylation sites (N-methyl/N-ethyl adjacent to an activating group) is 1. The zero-order chi connectivity index (χ0) is 21.7. The number of para-hydroxylation sites is 1. The number of hydrogen-bond acceptors (Lipinski definition) is 3. The number of hydrogen-bond donors (Lipinski definition) is 4. The minimum absolute atomic E-state index is 0.344. The molecule has 1 aliphatic rings. The van der Waals surface area contributed by atoms with Crippen molar-refractivity contribution in [2.24, 2.45) is 0 Å². The average Bonchev–Trinajstić information content (AvgIpc) is 2.77. The summed E-state index contributed by atoms with van der Waals surface area (Å²) in [5.41, 5.74) is 0.177. The smallest absolute Gasteiger partial charge is 0.329 e. The van der Waals surface area contributed by atoms with Crippen molar-refractivity contribution in [2.75, 3.05) is 36.4 Å². The molecular weight excluding hydrogens is 380 g/mol. The number of nitrogens with one attached hydrogen (secondary N) is 3. The molecule has 0 saturated heterocycles. The summed E-state index contributed by atoms with van der Waals surface area (Å²) < 4.78 is 0. The van der Waals surface area contributed by atoms with E-state index < -0.39 is 17.7 Å². The fraction of sp³-hybridized carbons (Fsp3) is 0.391. The summed E-state index contributed by atoms with van der Waals surface area (Å²) in [6.07, 6.45) is 0.855. The van der Waals surface area contributed by atoms with Gasteiger partial charge in [-0.15, -0.1) is 0 Å². The van der Waals surface area contributed by atoms with Gasteiger partial charge in [0.15, 0.2) is 0 Å². The van der Waals surface area contributed by atoms with Gasteiger partial charge in [-0.2, -0.15) is 0 Å². The SMILES string of the molecule is CCc1ccc(N2C(=O)Nc3ccccc3C2(O)C(=O)NCC[NH+](CC)CC)cc1. The second-order valence-corrected chi connectivity index (χ2v) is 7.47. The molecule has 2 aromatic rings. The summed E-state index contributed by atoms with van der Waals surface area (Å²) in [4.78, 5) is 28.8. The van der Waals surface area contributed by atoms with Crippen LogP contribution >= 0.6 is 0 Å². The Balaban J connectivity index is 1.97. The summed E-state index contributed by atoms with van der Waals surface area (Å²) in [6.45, 7) is 9.30. The number of carbonyl (C=O) groups excluding carboxylic acids is 2. The molecule has 0 aliphatic carbocycles. The third-order valence-corrected chi connectivity index (χ3v) is 5.75. The van der Waals surface area contributed by atoms with Gasteiger partial charge in [0, 0.05) is 11.3 Å². The van der Waals surface area contributed by atoms with E-state index in [1.54, 1.807) is 36.4 Å². The van der Waals surface area contributed by atoms with Gasteiger partial charge in [0.05, 0.1) is 31.9 Å². The van der Waals surface area contributed by atoms with Crippen LogP contribution in [0.5, 0.6) is 0 Å². The summed E-state index contributed by atoms with van der Waals surface area (Å²) in [5, 5.41) is 17.4. The largest absolute Gasteiger partial charge is 0.359 e. The number of aliphatic hydroxyl groups is 1. The third-order valence-electron chi connectivity index (χ3n) is 5.75. The molecule has 1 aliphatic heterocycles. The van der Waals surface area contributed by atoms with Crippen molar-refractivity contribution < 1.29 is 19.6 Å². The van der Waals surface area contributed by atoms with Gasteiger partial charge in [-0.1, -0.05) is 37.3 Å². The standard InChI is InChI=1S/C23H30N4O3/c1-4-17-11-13-18(14-12-17)27-22(29)25-20-10-8-7-9-19(20)23(27,30)21(28)24-15-16-26(5-2)6-3/h7-14,30H,4-6,15-16H2,1-3H3,(H,24,28)(H,25,29)/p+1. The monoisotopic (exact) mass is 411 g/mol. The van der Waals surface area contributed by atoms with Gasteiger partial charge in [0.25, 0.3) is 11.6 Å². The molecule has 0 spiro atoms. The van der Waals surface area contributed by atoms with Crippen LogP contribution in [0.1, 0.15) is 31.9 Å². The molecule has 0 aromatic heterocycles. The van der Waals surface area contributed by atoms with Gasteiger partial charge in [-0.3, -0.25) is 9.69 Å². The van der Waals surface area contributed by atoms with E-state index in [0.29, 0.717) is 23.5 Å². The van der Waals surface area contributed by atoms with Crippen molar-refractivity contribution in [3.05, 3.63) is 59.7 Å². The molecule has 4 N–H and O–H groups in total. The van der Waals surface area contributed by atoms with Crippen LogP contribution < -0.4 is 20.4 Å². The van der Waals surface area contributed by atoms with Crippen LogP contribution in [0.4, 0.5) is 16.2 Å². The molecular formula is C23H31N4O3+. The fourth-order valence-corrected chi connectivity index (χ4v) is 3.82. The number of nitrogens with zero attached hydrogens (tertiary/aromatic N) is 1. The second kappa shape index (κ2) is 9.28. The Morgan fingerprint density at radius 1 is 1.10 bits per heavy atom. The van der Waals surface area contributed by atoms with Crippen LogP contribution in [0.3, 0.4) is 0 Å². The van der Waals surface area contributed by atoms with Crippen LogP contribution in [0.2, 0.25) is 0 Å². The highest BCUT2D eigenvalue weighted by Crippen LogP contribution is 2.39. The first-order valence-electron chi connectivity index (χ1n) is 10.6. The predicted octanol–water partition coefficient (Wildman–Crippen LogP) is 1.49. The zero-order valence-corrected chi connectivity index (χ0v) is 17.9. The highest BCUT2D eigenvalue weighted by molar-refractivity contribution is 6.11. The Bertz CT molecular complexity index is 896. The molecule has 0 bridgehead atoms. The number of aryl methyl sites for hydroxylation is 1. The topological polar surface area (TPSA) is 86.1 Å². The minimum atomic E-state index is -2.15. The minimum Gasteiger partial charge on any atom is -0.359 e. The van der Waals surface area contributed by atoms with E-state index in [4.69, 9.17) is 0 Å². The summed E-state index contributed by atoms with van der Waals surface area (Å²) in [6, 6.07) is 13.6. The highest BCUT2D eigenvalue weighted by atomic mass is 16.3. The van der Waals surface area contributed by atoms with Crippen molar-refractivity contribution in [2.45, 2.75) is 32.9 Å². The first-order valence-corrected chi connectivity index (χ1v) is 10.6. The number of quaternary nitrogens is 1. The van der Waals surface area contributed by atoms with E-state index in [1.165, 1.54) is 4.90 Å². The molecule has 3 rings (SSSR count). The molecule has 160 valence electrons. The van der Waals surface area contributed by atoms with E-state index in [1.807, 2.05) is 19.1 Å². The molecule has 0 radical (unpaired) electrons. The Labute approximate surface area is 177 Å². The van der Waals surface area contributed by atoms with Crippen LogP contribution in [0.25, 0.3) is 0 Å². The number of fused-ring (bicyclic) bond motifs is 1. The van der Waals surface area contributed by atoms with Crippen molar-refractivity contribution in [1.82, 2.24) is 5.32 Å². The molecule has 7 nitrogen and oxygen atoms in total. The lowest BCUT2D eigenvalue weighted by Crippen LogP contribution is -3.12. The highest BCUT2D eigenvalue weighted by Gasteiger charge is 2.51. The first-order chi connectivity index (χ1) is 14.4. The molecule has 1 heterocycles. The van der Waals surface area contributed by atoms with Gasteiger partial charge in [0.2, 0.25) is 0 Å². The van der Waals surface area contributed by atoms with E-state index >= 15 is 0 Å². The molecule has 7 heteroatoms. The Hall–Kier alpha value is -2.90. The van der Waals surface area contributed by atoms with Crippen LogP contribution in [0, 0.1) is 0 Å². The average molecular weight is 412 g/mol. The molecule has 0 saturated carbocycles. The van der Waals surface area contributed by atoms with Gasteiger partial charge in [-0.05, 0) is 44.0 Å². The quantitative estimate of drug-likeness (QED) is 0.531. The molecule has 2 aromatic carbocycles. The van der Waals surface area contributed by atoms with Crippen molar-refractivity contribution >= 4 is 23.3 Å². The number of rotatable bonds is 8. The predicted molar refractivity (Wildman–Crippen MR) is 118 cm³/mol. The number of amides is 3. The maximum absolute atomic E-state index is 13.3. The Morgan fingerprint density at radius 3 is 2.40 bits per heavy atom. The van der Waals surface area contributed by atoms with Crippen molar-refractivity contribution in [3.63, 3.8) is 0 Å². The van der Waals surface area contributed by atoms with E-state index in [-0.39, 0.29) is 0 Å². The first kappa shape index (κ1) is 21.8. The second-order valence-electron chi connectivity index (χ2n) is 7.47. The van der Waals surface area contributed by atoms with Crippen LogP contribution in [0.15, 0.2) is 48.5 Å². The maximum Gasteiger partial charge on any atom is 0.329 e. The Morgan fingerprint density at radius 2 is 1.77 bits per heavy atom. The Kier molecular flexibility index (Phi) is 6.74. The number of anilines is 2. The fourth-order valence-electron chi connectivity index (χ4n) is 3.82. The van der Waals surface area contributed by atoms with E-state index in [2.05, 4.69) is 24.5 Å². The van der Waals surface area contributed by atoms with Gasteiger partial charge >= 0.3 is 6.03 Å². The molecule has 3 amide bonds. The van der Waals surface area contributed by atoms with Crippen molar-refractivity contribution in [1.29, 1.82) is 0 Å². The summed E-state index contributed by atoms with van der Waals surface area (Å²) >= 11 is 0. The van der Waals surface area contributed by atoms with Crippen LogP contribution in [-0.2, 0) is 16.9 Å². The number of benzene rings is 2. The number of urea groups is 1. The van der Waals surface area contributed by atoms with E-state index in [0.717, 1.165) is 36.5 Å². The lowest BCUT2D eigenvalue weighted by Gasteiger charge is -2.42. The maximum atomic E-state index is 13.3.